The van der Waals surface area contributed by atoms with Crippen molar-refractivity contribution in [3.05, 3.63) is 35.4 Å². The van der Waals surface area contributed by atoms with Gasteiger partial charge in [0.1, 0.15) is 5.41 Å². The zero-order valence-electron chi connectivity index (χ0n) is 10.9. The Hall–Kier alpha value is -1.60. The summed E-state index contributed by atoms with van der Waals surface area (Å²) in [5.41, 5.74) is 5.11. The average Bonchev–Trinajstić information content (AvgIpc) is 2.33. The van der Waals surface area contributed by atoms with Crippen LogP contribution in [0.2, 0.25) is 0 Å². The van der Waals surface area contributed by atoms with Gasteiger partial charge >= 0.3 is 12.3 Å². The molecule has 1 atom stereocenters. The normalized spacial score (nSPS) is 14.8. The Labute approximate surface area is 114 Å². The Bertz CT molecular complexity index is 476. The zero-order chi connectivity index (χ0) is 15.4. The van der Waals surface area contributed by atoms with E-state index in [2.05, 4.69) is 4.74 Å². The molecule has 0 saturated heterocycles. The third-order valence-electron chi connectivity index (χ3n) is 3.12. The second-order valence-electron chi connectivity index (χ2n) is 4.51. The molecule has 112 valence electrons. The molecule has 1 aromatic rings. The van der Waals surface area contributed by atoms with E-state index in [4.69, 9.17) is 5.73 Å². The lowest BCUT2D eigenvalue weighted by molar-refractivity contribution is -0.325. The van der Waals surface area contributed by atoms with Crippen molar-refractivity contribution in [1.29, 1.82) is 0 Å². The summed E-state index contributed by atoms with van der Waals surface area (Å²) < 4.78 is 39.7. The molecule has 0 aliphatic rings. The summed E-state index contributed by atoms with van der Waals surface area (Å²) in [6.45, 7) is 0.687. The lowest BCUT2D eigenvalue weighted by Crippen LogP contribution is -2.44. The molecule has 0 aromatic heterocycles. The topological polar surface area (TPSA) is 72.5 Å². The van der Waals surface area contributed by atoms with Gasteiger partial charge in [-0.15, -0.1) is 13.2 Å². The quantitative estimate of drug-likeness (QED) is 0.842. The van der Waals surface area contributed by atoms with Crippen molar-refractivity contribution in [2.75, 3.05) is 13.2 Å². The summed E-state index contributed by atoms with van der Waals surface area (Å²) in [4.78, 5) is 11.5. The number of benzene rings is 1. The van der Waals surface area contributed by atoms with Crippen LogP contribution in [0.5, 0.6) is 0 Å². The molecule has 1 unspecified atom stereocenters. The summed E-state index contributed by atoms with van der Waals surface area (Å²) in [6.07, 6.45) is -5.15. The number of hydrogen-bond donors (Lipinski definition) is 2. The number of alkyl halides is 3. The highest BCUT2D eigenvalue weighted by Gasteiger charge is 2.40. The van der Waals surface area contributed by atoms with Crippen molar-refractivity contribution in [2.24, 2.45) is 5.73 Å². The number of halogens is 3. The number of nitrogens with two attached hydrogens (primary N) is 1. The van der Waals surface area contributed by atoms with Crippen LogP contribution in [0.1, 0.15) is 17.5 Å². The Kier molecular flexibility index (Phi) is 5.13. The molecule has 0 fully saturated rings. The first-order valence-corrected chi connectivity index (χ1v) is 5.92. The Morgan fingerprint density at radius 2 is 2.05 bits per heavy atom. The molecular weight excluding hydrogens is 275 g/mol. The average molecular weight is 291 g/mol. The van der Waals surface area contributed by atoms with Gasteiger partial charge in [-0.3, -0.25) is 9.53 Å². The second-order valence-corrected chi connectivity index (χ2v) is 4.51. The maximum absolute atomic E-state index is 12.0. The minimum Gasteiger partial charge on any atom is -0.481 e. The van der Waals surface area contributed by atoms with Gasteiger partial charge in [-0.05, 0) is 18.9 Å². The van der Waals surface area contributed by atoms with E-state index >= 15 is 0 Å². The molecule has 0 saturated carbocycles. The summed E-state index contributed by atoms with van der Waals surface area (Å²) >= 11 is 0. The van der Waals surface area contributed by atoms with Crippen LogP contribution >= 0.6 is 0 Å². The van der Waals surface area contributed by atoms with Crippen molar-refractivity contribution in [2.45, 2.75) is 25.1 Å². The largest absolute Gasteiger partial charge is 0.522 e. The number of aryl methyl sites for hydroxylation is 1. The number of carboxylic acids is 1. The SMILES string of the molecule is Cc1cccc(C(CN)(CCOC(F)(F)F)C(=O)O)c1. The predicted molar refractivity (Wildman–Crippen MR) is 66.2 cm³/mol. The summed E-state index contributed by atoms with van der Waals surface area (Å²) in [5.74, 6) is -1.27. The minimum absolute atomic E-state index is 0.312. The van der Waals surface area contributed by atoms with Crippen molar-refractivity contribution in [1.82, 2.24) is 0 Å². The van der Waals surface area contributed by atoms with Crippen LogP contribution in [-0.4, -0.2) is 30.6 Å². The fourth-order valence-corrected chi connectivity index (χ4v) is 1.97. The van der Waals surface area contributed by atoms with Crippen LogP contribution in [0.4, 0.5) is 13.2 Å². The van der Waals surface area contributed by atoms with Crippen molar-refractivity contribution in [3.63, 3.8) is 0 Å². The molecular formula is C13H16F3NO3. The molecule has 4 nitrogen and oxygen atoms in total. The highest BCUT2D eigenvalue weighted by Crippen LogP contribution is 2.29. The molecule has 7 heteroatoms. The van der Waals surface area contributed by atoms with Crippen LogP contribution in [0.25, 0.3) is 0 Å². The maximum atomic E-state index is 12.0. The van der Waals surface area contributed by atoms with E-state index in [1.165, 1.54) is 0 Å². The van der Waals surface area contributed by atoms with E-state index in [-0.39, 0.29) is 13.0 Å². The van der Waals surface area contributed by atoms with Crippen LogP contribution in [0.15, 0.2) is 24.3 Å². The van der Waals surface area contributed by atoms with Gasteiger partial charge in [0.2, 0.25) is 0 Å². The van der Waals surface area contributed by atoms with E-state index < -0.39 is 24.4 Å². The fraction of sp³-hybridized carbons (Fsp3) is 0.462. The van der Waals surface area contributed by atoms with Crippen molar-refractivity contribution < 1.29 is 27.8 Å². The first kappa shape index (κ1) is 16.5. The molecule has 1 aromatic carbocycles. The fourth-order valence-electron chi connectivity index (χ4n) is 1.97. The Morgan fingerprint density at radius 1 is 1.40 bits per heavy atom. The molecule has 1 rings (SSSR count). The van der Waals surface area contributed by atoms with Crippen molar-refractivity contribution >= 4 is 5.97 Å². The number of hydrogen-bond acceptors (Lipinski definition) is 3. The zero-order valence-corrected chi connectivity index (χ0v) is 10.9. The Morgan fingerprint density at radius 3 is 2.50 bits per heavy atom. The second kappa shape index (κ2) is 6.23. The third kappa shape index (κ3) is 3.94. The number of carbonyl (C=O) groups is 1. The third-order valence-corrected chi connectivity index (χ3v) is 3.12. The number of ether oxygens (including phenoxy) is 1. The lowest BCUT2D eigenvalue weighted by atomic mass is 9.77. The lowest BCUT2D eigenvalue weighted by Gasteiger charge is -2.28. The van der Waals surface area contributed by atoms with Gasteiger partial charge in [0.25, 0.3) is 0 Å². The van der Waals surface area contributed by atoms with E-state index in [9.17, 15) is 23.1 Å². The standard InChI is InChI=1S/C13H16F3NO3/c1-9-3-2-4-10(7-9)12(8-17,11(18)19)5-6-20-13(14,15)16/h2-4,7H,5-6,8,17H2,1H3,(H,18,19). The molecule has 0 aliphatic carbocycles. The van der Waals surface area contributed by atoms with E-state index in [1.54, 1.807) is 31.2 Å². The van der Waals surface area contributed by atoms with Gasteiger partial charge in [0.05, 0.1) is 6.61 Å². The van der Waals surface area contributed by atoms with E-state index in [1.807, 2.05) is 0 Å². The first-order valence-electron chi connectivity index (χ1n) is 5.92. The Balaban J connectivity index is 3.01. The number of carboxylic acid groups (broad SMARTS) is 1. The summed E-state index contributed by atoms with van der Waals surface area (Å²) in [5, 5.41) is 9.38. The molecule has 0 aliphatic heterocycles. The molecule has 20 heavy (non-hydrogen) atoms. The number of aliphatic carboxylic acids is 1. The van der Waals surface area contributed by atoms with Crippen molar-refractivity contribution in [3.8, 4) is 0 Å². The van der Waals surface area contributed by atoms with E-state index in [0.717, 1.165) is 5.56 Å². The molecule has 0 spiro atoms. The number of rotatable bonds is 6. The van der Waals surface area contributed by atoms with Crippen LogP contribution in [0.3, 0.4) is 0 Å². The van der Waals surface area contributed by atoms with Gasteiger partial charge in [0, 0.05) is 6.54 Å². The van der Waals surface area contributed by atoms with Gasteiger partial charge in [0.15, 0.2) is 0 Å². The molecule has 0 bridgehead atoms. The monoisotopic (exact) mass is 291 g/mol. The molecule has 3 N–H and O–H groups in total. The molecule has 0 amide bonds. The molecule has 0 radical (unpaired) electrons. The van der Waals surface area contributed by atoms with Gasteiger partial charge in [-0.25, -0.2) is 0 Å². The van der Waals surface area contributed by atoms with Gasteiger partial charge in [-0.1, -0.05) is 29.8 Å². The van der Waals surface area contributed by atoms with Gasteiger partial charge < -0.3 is 10.8 Å². The smallest absolute Gasteiger partial charge is 0.481 e. The van der Waals surface area contributed by atoms with E-state index in [0.29, 0.717) is 5.56 Å². The van der Waals surface area contributed by atoms with Crippen LogP contribution < -0.4 is 5.73 Å². The first-order chi connectivity index (χ1) is 9.21. The molecule has 0 heterocycles. The highest BCUT2D eigenvalue weighted by atomic mass is 19.4. The minimum atomic E-state index is -4.79. The summed E-state index contributed by atoms with van der Waals surface area (Å²) in [6, 6.07) is 6.55. The highest BCUT2D eigenvalue weighted by molar-refractivity contribution is 5.81. The summed E-state index contributed by atoms with van der Waals surface area (Å²) in [7, 11) is 0. The van der Waals surface area contributed by atoms with Crippen LogP contribution in [0, 0.1) is 6.92 Å². The van der Waals surface area contributed by atoms with Gasteiger partial charge in [-0.2, -0.15) is 0 Å². The maximum Gasteiger partial charge on any atom is 0.522 e. The predicted octanol–water partition coefficient (Wildman–Crippen LogP) is 2.20. The van der Waals surface area contributed by atoms with Crippen LogP contribution in [-0.2, 0) is 14.9 Å².